The molecule has 0 aliphatic heterocycles. The first-order chi connectivity index (χ1) is 12.2. The van der Waals surface area contributed by atoms with Crippen molar-refractivity contribution in [2.24, 2.45) is 4.99 Å². The van der Waals surface area contributed by atoms with Gasteiger partial charge in [0.05, 0.1) is 6.04 Å². The fourth-order valence-electron chi connectivity index (χ4n) is 3.40. The quantitative estimate of drug-likeness (QED) is 0.299. The molecule has 4 aromatic rings. The third-order valence-electron chi connectivity index (χ3n) is 4.83. The van der Waals surface area contributed by atoms with Crippen LogP contribution < -0.4 is 0 Å². The smallest absolute Gasteiger partial charge is 0.0724 e. The Kier molecular flexibility index (Phi) is 4.07. The van der Waals surface area contributed by atoms with Gasteiger partial charge in [-0.05, 0) is 52.6 Å². The molecule has 0 saturated heterocycles. The summed E-state index contributed by atoms with van der Waals surface area (Å²) in [6.45, 7) is 4.25. The van der Waals surface area contributed by atoms with Crippen LogP contribution in [0.5, 0.6) is 0 Å². The number of hydrogen-bond donors (Lipinski definition) is 0. The molecular formula is C24H21N. The van der Waals surface area contributed by atoms with Crippen LogP contribution in [0.15, 0.2) is 89.9 Å². The molecule has 0 saturated carbocycles. The van der Waals surface area contributed by atoms with Crippen molar-refractivity contribution in [2.75, 3.05) is 0 Å². The van der Waals surface area contributed by atoms with Crippen LogP contribution in [0.3, 0.4) is 0 Å². The molecule has 0 fully saturated rings. The number of benzene rings is 4. The van der Waals surface area contributed by atoms with Gasteiger partial charge in [-0.3, -0.25) is 4.99 Å². The molecule has 25 heavy (non-hydrogen) atoms. The van der Waals surface area contributed by atoms with E-state index in [1.165, 1.54) is 32.7 Å². The van der Waals surface area contributed by atoms with E-state index in [9.17, 15) is 0 Å². The maximum absolute atomic E-state index is 4.92. The lowest BCUT2D eigenvalue weighted by molar-refractivity contribution is 0.820. The Morgan fingerprint density at radius 2 is 1.36 bits per heavy atom. The Hall–Kier alpha value is -2.93. The van der Waals surface area contributed by atoms with Gasteiger partial charge in [-0.2, -0.15) is 0 Å². The molecule has 122 valence electrons. The summed E-state index contributed by atoms with van der Waals surface area (Å²) in [4.78, 5) is 4.92. The van der Waals surface area contributed by atoms with E-state index in [4.69, 9.17) is 4.99 Å². The van der Waals surface area contributed by atoms with E-state index < -0.39 is 0 Å². The summed E-state index contributed by atoms with van der Waals surface area (Å²) in [6, 6.07) is 30.2. The van der Waals surface area contributed by atoms with Crippen LogP contribution in [-0.4, -0.2) is 5.71 Å². The van der Waals surface area contributed by atoms with E-state index in [1.807, 2.05) is 6.07 Å². The van der Waals surface area contributed by atoms with Gasteiger partial charge in [0.15, 0.2) is 0 Å². The first-order valence-electron chi connectivity index (χ1n) is 8.73. The fourth-order valence-corrected chi connectivity index (χ4v) is 3.40. The summed E-state index contributed by atoms with van der Waals surface area (Å²) in [5, 5.41) is 5.13. The van der Waals surface area contributed by atoms with Gasteiger partial charge < -0.3 is 0 Å². The van der Waals surface area contributed by atoms with Crippen LogP contribution in [0.1, 0.15) is 31.0 Å². The highest BCUT2D eigenvalue weighted by atomic mass is 14.8. The third-order valence-corrected chi connectivity index (χ3v) is 4.83. The van der Waals surface area contributed by atoms with E-state index >= 15 is 0 Å². The van der Waals surface area contributed by atoms with E-state index in [0.717, 1.165) is 5.71 Å². The predicted molar refractivity (Wildman–Crippen MR) is 109 cm³/mol. The van der Waals surface area contributed by atoms with E-state index in [-0.39, 0.29) is 6.04 Å². The van der Waals surface area contributed by atoms with Crippen molar-refractivity contribution < 1.29 is 0 Å². The van der Waals surface area contributed by atoms with Gasteiger partial charge in [-0.25, -0.2) is 0 Å². The van der Waals surface area contributed by atoms with Gasteiger partial charge >= 0.3 is 0 Å². The standard InChI is InChI=1S/C24H21N/c1-17(19-8-4-3-5-9-19)25-18(2)22-15-14-21-13-12-20-10-6-7-11-23(20)24(21)16-22/h3-17H,1-2H3/t17-/m1/s1. The number of fused-ring (bicyclic) bond motifs is 3. The SMILES string of the molecule is CC(=N[C@H](C)c1ccccc1)c1ccc2ccc3ccccc3c2c1. The molecule has 0 bridgehead atoms. The Balaban J connectivity index is 1.78. The number of nitrogens with zero attached hydrogens (tertiary/aromatic N) is 1. The largest absolute Gasteiger partial charge is 0.282 e. The van der Waals surface area contributed by atoms with Crippen molar-refractivity contribution in [3.05, 3.63) is 96.1 Å². The Morgan fingerprint density at radius 1 is 0.720 bits per heavy atom. The van der Waals surface area contributed by atoms with Crippen LogP contribution in [0.2, 0.25) is 0 Å². The minimum Gasteiger partial charge on any atom is -0.282 e. The third kappa shape index (κ3) is 3.06. The zero-order chi connectivity index (χ0) is 17.2. The maximum Gasteiger partial charge on any atom is 0.0724 e. The van der Waals surface area contributed by atoms with Crippen LogP contribution in [0.25, 0.3) is 21.5 Å². The average Bonchev–Trinajstić information content (AvgIpc) is 2.68. The normalized spacial score (nSPS) is 13.3. The van der Waals surface area contributed by atoms with Crippen LogP contribution in [0, 0.1) is 0 Å². The lowest BCUT2D eigenvalue weighted by Crippen LogP contribution is -1.99. The molecule has 1 nitrogen and oxygen atoms in total. The summed E-state index contributed by atoms with van der Waals surface area (Å²) in [7, 11) is 0. The van der Waals surface area contributed by atoms with Crippen LogP contribution in [0.4, 0.5) is 0 Å². The molecule has 0 spiro atoms. The van der Waals surface area contributed by atoms with Crippen molar-refractivity contribution >= 4 is 27.3 Å². The molecule has 0 heterocycles. The first-order valence-corrected chi connectivity index (χ1v) is 8.73. The minimum atomic E-state index is 0.157. The van der Waals surface area contributed by atoms with Crippen LogP contribution in [-0.2, 0) is 0 Å². The highest BCUT2D eigenvalue weighted by Gasteiger charge is 2.07. The van der Waals surface area contributed by atoms with Crippen molar-refractivity contribution in [1.29, 1.82) is 0 Å². The molecule has 0 N–H and O–H groups in total. The molecule has 0 amide bonds. The molecule has 0 aliphatic rings. The molecule has 0 aromatic heterocycles. The Labute approximate surface area is 148 Å². The number of hydrogen-bond acceptors (Lipinski definition) is 1. The van der Waals surface area contributed by atoms with Gasteiger partial charge in [-0.1, -0.05) is 78.9 Å². The fraction of sp³-hybridized carbons (Fsp3) is 0.125. The molecule has 0 aliphatic carbocycles. The second-order valence-electron chi connectivity index (χ2n) is 6.52. The molecule has 0 unspecified atom stereocenters. The number of rotatable bonds is 3. The molecule has 1 atom stereocenters. The monoisotopic (exact) mass is 323 g/mol. The van der Waals surface area contributed by atoms with Crippen LogP contribution >= 0.6 is 0 Å². The lowest BCUT2D eigenvalue weighted by Gasteiger charge is -2.11. The topological polar surface area (TPSA) is 12.4 Å². The predicted octanol–water partition coefficient (Wildman–Crippen LogP) is 6.56. The molecule has 4 rings (SSSR count). The highest BCUT2D eigenvalue weighted by molar-refractivity contribution is 6.10. The Bertz CT molecular complexity index is 1060. The van der Waals surface area contributed by atoms with Gasteiger partial charge in [0.2, 0.25) is 0 Å². The van der Waals surface area contributed by atoms with Gasteiger partial charge in [0.1, 0.15) is 0 Å². The van der Waals surface area contributed by atoms with Crippen molar-refractivity contribution in [1.82, 2.24) is 0 Å². The molecular weight excluding hydrogens is 302 g/mol. The van der Waals surface area contributed by atoms with Gasteiger partial charge in [0.25, 0.3) is 0 Å². The summed E-state index contributed by atoms with van der Waals surface area (Å²) < 4.78 is 0. The molecule has 1 heteroatoms. The summed E-state index contributed by atoms with van der Waals surface area (Å²) in [5.74, 6) is 0. The molecule has 0 radical (unpaired) electrons. The van der Waals surface area contributed by atoms with Gasteiger partial charge in [0, 0.05) is 5.71 Å². The second-order valence-corrected chi connectivity index (χ2v) is 6.52. The maximum atomic E-state index is 4.92. The Morgan fingerprint density at radius 3 is 2.16 bits per heavy atom. The van der Waals surface area contributed by atoms with Crippen molar-refractivity contribution in [3.63, 3.8) is 0 Å². The number of aliphatic imine (C=N–C) groups is 1. The summed E-state index contributed by atoms with van der Waals surface area (Å²) in [6.07, 6.45) is 0. The first kappa shape index (κ1) is 15.6. The van der Waals surface area contributed by atoms with Crippen molar-refractivity contribution in [3.8, 4) is 0 Å². The van der Waals surface area contributed by atoms with E-state index in [2.05, 4.69) is 92.7 Å². The highest BCUT2D eigenvalue weighted by Crippen LogP contribution is 2.27. The average molecular weight is 323 g/mol. The van der Waals surface area contributed by atoms with E-state index in [0.29, 0.717) is 0 Å². The zero-order valence-electron chi connectivity index (χ0n) is 14.6. The van der Waals surface area contributed by atoms with Gasteiger partial charge in [-0.15, -0.1) is 0 Å². The van der Waals surface area contributed by atoms with Crippen molar-refractivity contribution in [2.45, 2.75) is 19.9 Å². The zero-order valence-corrected chi connectivity index (χ0v) is 14.6. The minimum absolute atomic E-state index is 0.157. The second kappa shape index (κ2) is 6.52. The lowest BCUT2D eigenvalue weighted by atomic mass is 9.98. The summed E-state index contributed by atoms with van der Waals surface area (Å²) in [5.41, 5.74) is 3.51. The van der Waals surface area contributed by atoms with E-state index in [1.54, 1.807) is 0 Å². The molecule has 4 aromatic carbocycles. The summed E-state index contributed by atoms with van der Waals surface area (Å²) >= 11 is 0.